The number of benzene rings is 1. The predicted octanol–water partition coefficient (Wildman–Crippen LogP) is 4.03. The van der Waals surface area contributed by atoms with E-state index in [2.05, 4.69) is 39.8 Å². The van der Waals surface area contributed by atoms with E-state index in [-0.39, 0.29) is 0 Å². The van der Waals surface area contributed by atoms with Gasteiger partial charge in [-0.1, -0.05) is 33.8 Å². The highest BCUT2D eigenvalue weighted by Crippen LogP contribution is 2.42. The summed E-state index contributed by atoms with van der Waals surface area (Å²) in [5.74, 6) is 2.22. The average Bonchev–Trinajstić information content (AvgIpc) is 2.54. The van der Waals surface area contributed by atoms with E-state index in [1.54, 1.807) is 0 Å². The molecule has 1 heterocycles. The second-order valence-corrected chi connectivity index (χ2v) is 5.75. The largest absolute Gasteiger partial charge is 0.448 e. The smallest absolute Gasteiger partial charge is 0.251 e. The molecule has 0 saturated carbocycles. The van der Waals surface area contributed by atoms with Crippen LogP contribution in [0.15, 0.2) is 18.2 Å². The van der Waals surface area contributed by atoms with Crippen LogP contribution >= 0.6 is 0 Å². The summed E-state index contributed by atoms with van der Waals surface area (Å²) in [4.78, 5) is 0. The van der Waals surface area contributed by atoms with Crippen LogP contribution < -0.4 is 9.47 Å². The zero-order valence-corrected chi connectivity index (χ0v) is 11.4. The number of hydrogen-bond donors (Lipinski definition) is 0. The van der Waals surface area contributed by atoms with Gasteiger partial charge in [-0.3, -0.25) is 0 Å². The number of hydrogen-bond acceptors (Lipinski definition) is 2. The molecule has 1 aromatic carbocycles. The average molecular weight is 234 g/mol. The lowest BCUT2D eigenvalue weighted by atomic mass is 10.0. The van der Waals surface area contributed by atoms with Gasteiger partial charge in [0.15, 0.2) is 11.5 Å². The lowest BCUT2D eigenvalue weighted by molar-refractivity contribution is -0.0990. The van der Waals surface area contributed by atoms with Crippen LogP contribution in [0.5, 0.6) is 11.5 Å². The van der Waals surface area contributed by atoms with Crippen LogP contribution in [0.3, 0.4) is 0 Å². The topological polar surface area (TPSA) is 18.5 Å². The first-order chi connectivity index (χ1) is 7.90. The lowest BCUT2D eigenvalue weighted by Gasteiger charge is -2.26. The first kappa shape index (κ1) is 12.3. The summed E-state index contributed by atoms with van der Waals surface area (Å²) in [6, 6.07) is 6.28. The Morgan fingerprint density at radius 3 is 2.29 bits per heavy atom. The van der Waals surface area contributed by atoms with Crippen molar-refractivity contribution < 1.29 is 9.47 Å². The minimum absolute atomic E-state index is 0.323. The number of ether oxygens (including phenoxy) is 2. The Balaban J connectivity index is 2.22. The molecule has 1 aliphatic heterocycles. The molecule has 1 atom stereocenters. The van der Waals surface area contributed by atoms with Gasteiger partial charge in [0.1, 0.15) is 0 Å². The van der Waals surface area contributed by atoms with Gasteiger partial charge in [0, 0.05) is 12.8 Å². The molecule has 17 heavy (non-hydrogen) atoms. The second-order valence-electron chi connectivity index (χ2n) is 5.75. The van der Waals surface area contributed by atoms with Crippen LogP contribution in [0, 0.1) is 11.8 Å². The van der Waals surface area contributed by atoms with Crippen molar-refractivity contribution in [1.29, 1.82) is 0 Å². The van der Waals surface area contributed by atoms with E-state index in [1.807, 2.05) is 13.0 Å². The van der Waals surface area contributed by atoms with Gasteiger partial charge in [0.25, 0.3) is 5.79 Å². The maximum absolute atomic E-state index is 5.96. The normalized spacial score (nSPS) is 22.5. The molecule has 0 aromatic heterocycles. The Morgan fingerprint density at radius 1 is 1.06 bits per heavy atom. The molecular formula is C15H22O2. The standard InChI is InChI=1S/C15H22O2/c1-10(2)8-12-6-7-13-14(9-12)17-15(5,16-13)11(3)4/h6-7,9-11H,8H2,1-5H3. The SMILES string of the molecule is CC(C)Cc1ccc2c(c1)OC(C)(C(C)C)O2. The van der Waals surface area contributed by atoms with Crippen LogP contribution in [0.4, 0.5) is 0 Å². The third kappa shape index (κ3) is 2.41. The fraction of sp³-hybridized carbons (Fsp3) is 0.600. The van der Waals surface area contributed by atoms with Gasteiger partial charge >= 0.3 is 0 Å². The van der Waals surface area contributed by atoms with Gasteiger partial charge < -0.3 is 9.47 Å². The van der Waals surface area contributed by atoms with Crippen molar-refractivity contribution >= 4 is 0 Å². The molecule has 0 bridgehead atoms. The van der Waals surface area contributed by atoms with E-state index in [0.29, 0.717) is 11.8 Å². The van der Waals surface area contributed by atoms with Gasteiger partial charge in [-0.2, -0.15) is 0 Å². The third-order valence-corrected chi connectivity index (χ3v) is 3.33. The van der Waals surface area contributed by atoms with Gasteiger partial charge in [-0.05, 0) is 30.0 Å². The van der Waals surface area contributed by atoms with Crippen LogP contribution in [0.25, 0.3) is 0 Å². The summed E-state index contributed by atoms with van der Waals surface area (Å²) in [5.41, 5.74) is 1.32. The first-order valence-electron chi connectivity index (χ1n) is 6.41. The molecule has 0 radical (unpaired) electrons. The number of fused-ring (bicyclic) bond motifs is 1. The highest BCUT2D eigenvalue weighted by Gasteiger charge is 2.39. The van der Waals surface area contributed by atoms with Crippen LogP contribution in [-0.4, -0.2) is 5.79 Å². The van der Waals surface area contributed by atoms with Crippen molar-refractivity contribution in [2.45, 2.75) is 46.8 Å². The maximum atomic E-state index is 5.96. The molecule has 0 saturated heterocycles. The molecule has 1 unspecified atom stereocenters. The van der Waals surface area contributed by atoms with Crippen LogP contribution in [-0.2, 0) is 6.42 Å². The third-order valence-electron chi connectivity index (χ3n) is 3.33. The van der Waals surface area contributed by atoms with Gasteiger partial charge in [0.2, 0.25) is 0 Å². The Labute approximate surface area is 104 Å². The molecule has 1 aromatic rings. The maximum Gasteiger partial charge on any atom is 0.251 e. The van der Waals surface area contributed by atoms with Crippen LogP contribution in [0.1, 0.15) is 40.2 Å². The highest BCUT2D eigenvalue weighted by molar-refractivity contribution is 5.46. The summed E-state index contributed by atoms with van der Waals surface area (Å²) < 4.78 is 11.8. The van der Waals surface area contributed by atoms with Crippen molar-refractivity contribution in [2.75, 3.05) is 0 Å². The summed E-state index contributed by atoms with van der Waals surface area (Å²) in [7, 11) is 0. The van der Waals surface area contributed by atoms with Crippen molar-refractivity contribution in [3.63, 3.8) is 0 Å². The van der Waals surface area contributed by atoms with Crippen LogP contribution in [0.2, 0.25) is 0 Å². The monoisotopic (exact) mass is 234 g/mol. The number of rotatable bonds is 3. The molecule has 0 N–H and O–H groups in total. The molecule has 94 valence electrons. The minimum atomic E-state index is -0.515. The molecule has 0 aliphatic carbocycles. The molecule has 0 spiro atoms. The fourth-order valence-corrected chi connectivity index (χ4v) is 2.01. The van der Waals surface area contributed by atoms with E-state index < -0.39 is 5.79 Å². The van der Waals surface area contributed by atoms with E-state index in [1.165, 1.54) is 5.56 Å². The van der Waals surface area contributed by atoms with Crippen molar-refractivity contribution in [3.8, 4) is 11.5 Å². The van der Waals surface area contributed by atoms with Gasteiger partial charge in [-0.25, -0.2) is 0 Å². The Bertz CT molecular complexity index is 409. The zero-order chi connectivity index (χ0) is 12.6. The Kier molecular flexibility index (Phi) is 3.07. The Morgan fingerprint density at radius 2 is 1.71 bits per heavy atom. The predicted molar refractivity (Wildman–Crippen MR) is 69.5 cm³/mol. The van der Waals surface area contributed by atoms with E-state index >= 15 is 0 Å². The second kappa shape index (κ2) is 4.25. The quantitative estimate of drug-likeness (QED) is 0.786. The molecule has 0 amide bonds. The van der Waals surface area contributed by atoms with Gasteiger partial charge in [0.05, 0.1) is 0 Å². The molecule has 2 rings (SSSR count). The molecular weight excluding hydrogens is 212 g/mol. The highest BCUT2D eigenvalue weighted by atomic mass is 16.7. The van der Waals surface area contributed by atoms with Crippen molar-refractivity contribution in [1.82, 2.24) is 0 Å². The summed E-state index contributed by atoms with van der Waals surface area (Å²) in [5, 5.41) is 0. The van der Waals surface area contributed by atoms with E-state index in [0.717, 1.165) is 17.9 Å². The summed E-state index contributed by atoms with van der Waals surface area (Å²) in [6.07, 6.45) is 1.08. The van der Waals surface area contributed by atoms with Gasteiger partial charge in [-0.15, -0.1) is 0 Å². The molecule has 2 heteroatoms. The van der Waals surface area contributed by atoms with E-state index in [4.69, 9.17) is 9.47 Å². The molecule has 0 fully saturated rings. The Hall–Kier alpha value is -1.18. The van der Waals surface area contributed by atoms with E-state index in [9.17, 15) is 0 Å². The first-order valence-corrected chi connectivity index (χ1v) is 6.41. The molecule has 2 nitrogen and oxygen atoms in total. The summed E-state index contributed by atoms with van der Waals surface area (Å²) in [6.45, 7) is 10.7. The van der Waals surface area contributed by atoms with Crippen molar-refractivity contribution in [3.05, 3.63) is 23.8 Å². The fourth-order valence-electron chi connectivity index (χ4n) is 2.01. The zero-order valence-electron chi connectivity index (χ0n) is 11.4. The molecule has 1 aliphatic rings. The minimum Gasteiger partial charge on any atom is -0.448 e. The summed E-state index contributed by atoms with van der Waals surface area (Å²) >= 11 is 0. The lowest BCUT2D eigenvalue weighted by Crippen LogP contribution is -2.40. The van der Waals surface area contributed by atoms with Crippen molar-refractivity contribution in [2.24, 2.45) is 11.8 Å².